The molecule has 10 heteroatoms. The molecule has 1 aromatic heterocycles. The van der Waals surface area contributed by atoms with Gasteiger partial charge in [0.1, 0.15) is 17.8 Å². The number of ether oxygens (including phenoxy) is 5. The van der Waals surface area contributed by atoms with Crippen molar-refractivity contribution in [3.05, 3.63) is 40.7 Å². The summed E-state index contributed by atoms with van der Waals surface area (Å²) in [5.41, 5.74) is 0.889. The lowest BCUT2D eigenvalue weighted by atomic mass is 10.1. The number of fused-ring (bicyclic) bond motifs is 1. The first-order chi connectivity index (χ1) is 15.0. The Morgan fingerprint density at radius 3 is 2.13 bits per heavy atom. The van der Waals surface area contributed by atoms with E-state index in [4.69, 9.17) is 23.7 Å². The second kappa shape index (κ2) is 9.52. The normalized spacial score (nSPS) is 11.3. The van der Waals surface area contributed by atoms with Crippen LogP contribution in [0.2, 0.25) is 0 Å². The smallest absolute Gasteiger partial charge is 0.325 e. The van der Waals surface area contributed by atoms with Gasteiger partial charge >= 0.3 is 5.97 Å². The minimum atomic E-state index is -0.539. The highest BCUT2D eigenvalue weighted by Crippen LogP contribution is 2.38. The third-order valence-electron chi connectivity index (χ3n) is 4.51. The Kier molecular flexibility index (Phi) is 6.81. The van der Waals surface area contributed by atoms with Crippen LogP contribution in [0, 0.1) is 0 Å². The van der Waals surface area contributed by atoms with Gasteiger partial charge in [-0.3, -0.25) is 9.59 Å². The number of thiazole rings is 1. The summed E-state index contributed by atoms with van der Waals surface area (Å²) in [6, 6.07) is 8.50. The van der Waals surface area contributed by atoms with Crippen LogP contribution >= 0.6 is 11.3 Å². The molecular formula is C21H22N2O7S. The average molecular weight is 446 g/mol. The van der Waals surface area contributed by atoms with Gasteiger partial charge in [0.05, 0.1) is 40.2 Å². The number of methoxy groups -OCH3 is 5. The lowest BCUT2D eigenvalue weighted by molar-refractivity contribution is -0.141. The second-order valence-corrected chi connectivity index (χ2v) is 7.19. The number of rotatable bonds is 7. The molecule has 0 saturated carbocycles. The van der Waals surface area contributed by atoms with E-state index >= 15 is 0 Å². The van der Waals surface area contributed by atoms with E-state index in [0.717, 1.165) is 4.70 Å². The molecule has 1 heterocycles. The Hall–Kier alpha value is -3.53. The standard InChI is InChI=1S/C21H22N2O7S/c1-26-13-7-6-8-16-18(13)23(11-17(24)29-4)21(31-16)22-20(25)12-9-14(27-2)19(30-5)15(10-12)28-3/h6-10H,11H2,1-5H3. The number of carbonyl (C=O) groups excluding carboxylic acids is 2. The minimum Gasteiger partial charge on any atom is -0.495 e. The summed E-state index contributed by atoms with van der Waals surface area (Å²) in [5.74, 6) is 0.575. The van der Waals surface area contributed by atoms with Gasteiger partial charge < -0.3 is 28.3 Å². The minimum absolute atomic E-state index is 0.127. The van der Waals surface area contributed by atoms with E-state index in [9.17, 15) is 9.59 Å². The third-order valence-corrected chi connectivity index (χ3v) is 5.55. The fraction of sp³-hybridized carbons (Fsp3) is 0.286. The van der Waals surface area contributed by atoms with Crippen molar-refractivity contribution in [3.8, 4) is 23.0 Å². The summed E-state index contributed by atoms with van der Waals surface area (Å²) in [4.78, 5) is 29.6. The van der Waals surface area contributed by atoms with E-state index in [1.165, 1.54) is 59.0 Å². The number of benzene rings is 2. The van der Waals surface area contributed by atoms with Crippen LogP contribution in [0.5, 0.6) is 23.0 Å². The molecule has 0 radical (unpaired) electrons. The summed E-state index contributed by atoms with van der Waals surface area (Å²) >= 11 is 1.26. The molecule has 164 valence electrons. The van der Waals surface area contributed by atoms with E-state index in [2.05, 4.69) is 4.99 Å². The Bertz CT molecular complexity index is 1170. The molecule has 0 aliphatic carbocycles. The van der Waals surface area contributed by atoms with Gasteiger partial charge in [0, 0.05) is 5.56 Å². The number of amides is 1. The molecule has 0 atom stereocenters. The Morgan fingerprint density at radius 1 is 0.935 bits per heavy atom. The zero-order valence-corrected chi connectivity index (χ0v) is 18.6. The summed E-state index contributed by atoms with van der Waals surface area (Å²) in [6.07, 6.45) is 0. The second-order valence-electron chi connectivity index (χ2n) is 6.18. The van der Waals surface area contributed by atoms with Crippen molar-refractivity contribution >= 4 is 33.4 Å². The SMILES string of the molecule is COC(=O)Cn1c(=NC(=O)c2cc(OC)c(OC)c(OC)c2)sc2cccc(OC)c21. The fourth-order valence-corrected chi connectivity index (χ4v) is 4.09. The molecule has 0 fully saturated rings. The predicted octanol–water partition coefficient (Wildman–Crippen LogP) is 2.65. The van der Waals surface area contributed by atoms with Gasteiger partial charge in [-0.05, 0) is 24.3 Å². The van der Waals surface area contributed by atoms with E-state index < -0.39 is 11.9 Å². The summed E-state index contributed by atoms with van der Waals surface area (Å²) in [7, 11) is 7.24. The number of hydrogen-bond donors (Lipinski definition) is 0. The maximum Gasteiger partial charge on any atom is 0.325 e. The van der Waals surface area contributed by atoms with Gasteiger partial charge in [-0.25, -0.2) is 0 Å². The van der Waals surface area contributed by atoms with Gasteiger partial charge in [-0.2, -0.15) is 4.99 Å². The molecule has 0 aliphatic rings. The van der Waals surface area contributed by atoms with Crippen LogP contribution in [0.1, 0.15) is 10.4 Å². The van der Waals surface area contributed by atoms with Gasteiger partial charge in [0.2, 0.25) is 5.75 Å². The van der Waals surface area contributed by atoms with Crippen LogP contribution in [-0.4, -0.2) is 52.0 Å². The quantitative estimate of drug-likeness (QED) is 0.515. The van der Waals surface area contributed by atoms with Gasteiger partial charge in [-0.15, -0.1) is 0 Å². The zero-order chi connectivity index (χ0) is 22.5. The molecule has 0 unspecified atom stereocenters. The number of hydrogen-bond acceptors (Lipinski definition) is 8. The van der Waals surface area contributed by atoms with Crippen molar-refractivity contribution in [1.82, 2.24) is 4.57 Å². The summed E-state index contributed by atoms with van der Waals surface area (Å²) < 4.78 is 28.6. The van der Waals surface area contributed by atoms with Crippen LogP contribution in [0.15, 0.2) is 35.3 Å². The first-order valence-corrected chi connectivity index (χ1v) is 9.91. The largest absolute Gasteiger partial charge is 0.495 e. The molecule has 3 rings (SSSR count). The number of nitrogens with zero attached hydrogens (tertiary/aromatic N) is 2. The van der Waals surface area contributed by atoms with Crippen molar-refractivity contribution in [3.63, 3.8) is 0 Å². The topological polar surface area (TPSA) is 97.6 Å². The van der Waals surface area contributed by atoms with Crippen molar-refractivity contribution in [2.24, 2.45) is 4.99 Å². The van der Waals surface area contributed by atoms with Crippen LogP contribution in [0.25, 0.3) is 10.2 Å². The third kappa shape index (κ3) is 4.33. The highest BCUT2D eigenvalue weighted by atomic mass is 32.1. The molecule has 31 heavy (non-hydrogen) atoms. The monoisotopic (exact) mass is 446 g/mol. The molecule has 0 bridgehead atoms. The molecule has 3 aromatic rings. The molecule has 0 saturated heterocycles. The van der Waals surface area contributed by atoms with E-state index in [0.29, 0.717) is 33.3 Å². The Balaban J connectivity index is 2.19. The predicted molar refractivity (Wildman–Crippen MR) is 114 cm³/mol. The first kappa shape index (κ1) is 22.2. The van der Waals surface area contributed by atoms with Crippen molar-refractivity contribution in [2.45, 2.75) is 6.54 Å². The number of aromatic nitrogens is 1. The highest BCUT2D eigenvalue weighted by molar-refractivity contribution is 7.16. The van der Waals surface area contributed by atoms with Crippen LogP contribution < -0.4 is 23.7 Å². The summed E-state index contributed by atoms with van der Waals surface area (Å²) in [5, 5.41) is 0. The number of esters is 1. The van der Waals surface area contributed by atoms with E-state index in [1.54, 1.807) is 10.6 Å². The highest BCUT2D eigenvalue weighted by Gasteiger charge is 2.19. The summed E-state index contributed by atoms with van der Waals surface area (Å²) in [6.45, 7) is -0.127. The molecular weight excluding hydrogens is 424 g/mol. The maximum atomic E-state index is 13.0. The Labute approximate surface area is 182 Å². The lowest BCUT2D eigenvalue weighted by Gasteiger charge is -2.12. The Morgan fingerprint density at radius 2 is 1.58 bits per heavy atom. The molecule has 1 amide bonds. The van der Waals surface area contributed by atoms with E-state index in [-0.39, 0.29) is 12.1 Å². The van der Waals surface area contributed by atoms with Crippen molar-refractivity contribution in [1.29, 1.82) is 0 Å². The number of carbonyl (C=O) groups is 2. The average Bonchev–Trinajstić information content (AvgIpc) is 3.14. The number of para-hydroxylation sites is 1. The lowest BCUT2D eigenvalue weighted by Crippen LogP contribution is -2.22. The van der Waals surface area contributed by atoms with Crippen molar-refractivity contribution < 1.29 is 33.3 Å². The molecule has 0 N–H and O–H groups in total. The van der Waals surface area contributed by atoms with Crippen LogP contribution in [-0.2, 0) is 16.1 Å². The molecule has 0 spiro atoms. The first-order valence-electron chi connectivity index (χ1n) is 9.09. The van der Waals surface area contributed by atoms with Crippen molar-refractivity contribution in [2.75, 3.05) is 35.5 Å². The fourth-order valence-electron chi connectivity index (χ4n) is 3.04. The van der Waals surface area contributed by atoms with Crippen LogP contribution in [0.4, 0.5) is 0 Å². The molecule has 2 aromatic carbocycles. The maximum absolute atomic E-state index is 13.0. The van der Waals surface area contributed by atoms with Gasteiger partial charge in [0.15, 0.2) is 16.3 Å². The van der Waals surface area contributed by atoms with Crippen LogP contribution in [0.3, 0.4) is 0 Å². The molecule has 9 nitrogen and oxygen atoms in total. The zero-order valence-electron chi connectivity index (χ0n) is 17.8. The molecule has 0 aliphatic heterocycles. The van der Waals surface area contributed by atoms with Gasteiger partial charge in [-0.1, -0.05) is 17.4 Å². The van der Waals surface area contributed by atoms with Gasteiger partial charge in [0.25, 0.3) is 5.91 Å². The van der Waals surface area contributed by atoms with E-state index in [1.807, 2.05) is 12.1 Å².